The van der Waals surface area contributed by atoms with Gasteiger partial charge in [-0.2, -0.15) is 0 Å². The predicted octanol–water partition coefficient (Wildman–Crippen LogP) is 3.94. The van der Waals surface area contributed by atoms with Crippen LogP contribution in [0.5, 0.6) is 0 Å². The number of methoxy groups -OCH3 is 1. The number of aromatic nitrogens is 4. The molecule has 9 nitrogen and oxygen atoms in total. The maximum atomic E-state index is 13.0. The Balaban J connectivity index is 1.21. The van der Waals surface area contributed by atoms with Crippen LogP contribution >= 0.6 is 11.3 Å². The van der Waals surface area contributed by atoms with Gasteiger partial charge in [-0.3, -0.25) is 4.79 Å². The van der Waals surface area contributed by atoms with E-state index in [-0.39, 0.29) is 12.5 Å². The van der Waals surface area contributed by atoms with E-state index < -0.39 is 5.97 Å². The number of carbonyl (C=O) groups excluding carboxylic acids is 2. The fourth-order valence-corrected chi connectivity index (χ4v) is 7.11. The van der Waals surface area contributed by atoms with Crippen LogP contribution in [-0.2, 0) is 48.4 Å². The average molecular weight is 533 g/mol. The number of nitrogens with zero attached hydrogens (tertiary/aromatic N) is 5. The number of aryl methyl sites for hydroxylation is 2. The first-order valence-electron chi connectivity index (χ1n) is 13.1. The Kier molecular flexibility index (Phi) is 6.53. The van der Waals surface area contributed by atoms with Gasteiger partial charge in [-0.1, -0.05) is 16.8 Å². The van der Waals surface area contributed by atoms with Crippen LogP contribution < -0.4 is 5.32 Å². The van der Waals surface area contributed by atoms with Gasteiger partial charge in [0.1, 0.15) is 17.2 Å². The Labute approximate surface area is 225 Å². The molecule has 0 saturated carbocycles. The number of benzene rings is 1. The molecule has 1 amide bonds. The molecule has 1 aliphatic carbocycles. The quantitative estimate of drug-likeness (QED) is 0.378. The molecule has 0 fully saturated rings. The topological polar surface area (TPSA) is 94.3 Å². The number of anilines is 1. The number of hydrogen-bond acceptors (Lipinski definition) is 7. The minimum absolute atomic E-state index is 0.0186. The zero-order valence-electron chi connectivity index (χ0n) is 22.0. The van der Waals surface area contributed by atoms with Crippen molar-refractivity contribution in [3.05, 3.63) is 62.9 Å². The first-order chi connectivity index (χ1) is 18.4. The van der Waals surface area contributed by atoms with Crippen LogP contribution in [0.4, 0.5) is 5.00 Å². The molecule has 3 aromatic heterocycles. The molecule has 2 aliphatic rings. The summed E-state index contributed by atoms with van der Waals surface area (Å²) in [6.07, 6.45) is 6.73. The number of carbonyl (C=O) groups is 2. The van der Waals surface area contributed by atoms with Crippen molar-refractivity contribution in [2.45, 2.75) is 58.7 Å². The molecular weight excluding hydrogens is 500 g/mol. The van der Waals surface area contributed by atoms with Crippen LogP contribution in [0.1, 0.15) is 56.2 Å². The predicted molar refractivity (Wildman–Crippen MR) is 147 cm³/mol. The van der Waals surface area contributed by atoms with E-state index in [0.29, 0.717) is 17.1 Å². The van der Waals surface area contributed by atoms with E-state index in [0.717, 1.165) is 56.5 Å². The molecule has 10 heteroatoms. The highest BCUT2D eigenvalue weighted by molar-refractivity contribution is 7.17. The second-order valence-electron chi connectivity index (χ2n) is 10.4. The van der Waals surface area contributed by atoms with Crippen LogP contribution in [0.3, 0.4) is 0 Å². The summed E-state index contributed by atoms with van der Waals surface area (Å²) >= 11 is 1.48. The summed E-state index contributed by atoms with van der Waals surface area (Å²) in [4.78, 5) is 29.0. The lowest BCUT2D eigenvalue weighted by molar-refractivity contribution is -0.116. The number of rotatable bonds is 6. The van der Waals surface area contributed by atoms with Crippen molar-refractivity contribution in [3.63, 3.8) is 0 Å². The van der Waals surface area contributed by atoms with Gasteiger partial charge in [0.2, 0.25) is 5.91 Å². The molecule has 0 spiro atoms. The molecule has 0 unspecified atom stereocenters. The Hall–Kier alpha value is -3.50. The normalized spacial score (nSPS) is 15.3. The molecule has 0 atom stereocenters. The first-order valence-corrected chi connectivity index (χ1v) is 13.9. The monoisotopic (exact) mass is 532 g/mol. The Morgan fingerprint density at radius 3 is 2.84 bits per heavy atom. The minimum atomic E-state index is -0.397. The fraction of sp³-hybridized carbons (Fsp3) is 0.429. The van der Waals surface area contributed by atoms with Gasteiger partial charge in [0.15, 0.2) is 0 Å². The molecule has 0 radical (unpaired) electrons. The van der Waals surface area contributed by atoms with Crippen LogP contribution in [-0.4, -0.2) is 57.0 Å². The number of likely N-dealkylation sites (N-methyl/N-ethyl adjacent to an activating group) is 1. The van der Waals surface area contributed by atoms with Gasteiger partial charge in [-0.05, 0) is 62.9 Å². The molecule has 4 heterocycles. The molecule has 198 valence electrons. The van der Waals surface area contributed by atoms with Gasteiger partial charge in [0, 0.05) is 41.0 Å². The lowest BCUT2D eigenvalue weighted by Crippen LogP contribution is -2.27. The molecule has 38 heavy (non-hydrogen) atoms. The number of esters is 1. The zero-order valence-corrected chi connectivity index (χ0v) is 22.9. The molecular formula is C28H32N6O3S. The van der Waals surface area contributed by atoms with E-state index in [1.165, 1.54) is 51.0 Å². The number of nitrogens with one attached hydrogen (secondary N) is 1. The molecule has 0 bridgehead atoms. The van der Waals surface area contributed by atoms with Crippen molar-refractivity contribution < 1.29 is 14.3 Å². The van der Waals surface area contributed by atoms with Crippen molar-refractivity contribution in [1.82, 2.24) is 24.5 Å². The zero-order chi connectivity index (χ0) is 26.4. The summed E-state index contributed by atoms with van der Waals surface area (Å²) < 4.78 is 8.93. The highest BCUT2D eigenvalue weighted by Crippen LogP contribution is 2.38. The lowest BCUT2D eigenvalue weighted by Gasteiger charge is -2.24. The van der Waals surface area contributed by atoms with Gasteiger partial charge in [0.05, 0.1) is 25.4 Å². The van der Waals surface area contributed by atoms with E-state index in [9.17, 15) is 9.59 Å². The van der Waals surface area contributed by atoms with Crippen LogP contribution in [0.25, 0.3) is 10.9 Å². The maximum absolute atomic E-state index is 13.0. The summed E-state index contributed by atoms with van der Waals surface area (Å²) in [5, 5.41) is 13.4. The van der Waals surface area contributed by atoms with Crippen molar-refractivity contribution in [3.8, 4) is 0 Å². The van der Waals surface area contributed by atoms with Gasteiger partial charge < -0.3 is 19.5 Å². The summed E-state index contributed by atoms with van der Waals surface area (Å²) in [5.41, 5.74) is 7.54. The minimum Gasteiger partial charge on any atom is -0.465 e. The van der Waals surface area contributed by atoms with E-state index >= 15 is 0 Å². The number of ether oxygens (including phenoxy) is 1. The third-order valence-corrected chi connectivity index (χ3v) is 8.83. The third kappa shape index (κ3) is 4.52. The smallest absolute Gasteiger partial charge is 0.341 e. The highest BCUT2D eigenvalue weighted by atomic mass is 32.1. The number of amides is 1. The molecule has 1 aromatic carbocycles. The average Bonchev–Trinajstić information content (AvgIpc) is 3.58. The molecule has 0 saturated heterocycles. The van der Waals surface area contributed by atoms with Gasteiger partial charge in [0.25, 0.3) is 0 Å². The van der Waals surface area contributed by atoms with Crippen molar-refractivity contribution >= 4 is 39.1 Å². The molecule has 4 aromatic rings. The van der Waals surface area contributed by atoms with Crippen LogP contribution in [0.15, 0.2) is 24.4 Å². The van der Waals surface area contributed by atoms with E-state index in [1.807, 2.05) is 6.20 Å². The number of fused-ring (bicyclic) bond motifs is 4. The SMILES string of the molecule is COC(=O)c1c(NC(=O)Cn2cc(Cn3c4c(c5cc(C)ccc53)CN(C)CC4)nn2)sc2c1CCCC2. The highest BCUT2D eigenvalue weighted by Gasteiger charge is 2.27. The van der Waals surface area contributed by atoms with Crippen molar-refractivity contribution in [1.29, 1.82) is 0 Å². The van der Waals surface area contributed by atoms with Gasteiger partial charge in [-0.25, -0.2) is 9.48 Å². The van der Waals surface area contributed by atoms with Gasteiger partial charge in [-0.15, -0.1) is 16.4 Å². The first kappa shape index (κ1) is 24.8. The maximum Gasteiger partial charge on any atom is 0.341 e. The largest absolute Gasteiger partial charge is 0.465 e. The Morgan fingerprint density at radius 1 is 1.16 bits per heavy atom. The lowest BCUT2D eigenvalue weighted by atomic mass is 9.95. The standard InChI is InChI=1S/C28H32N6O3S/c1-17-8-9-22-20(12-17)21-15-32(2)11-10-23(21)34(22)14-18-13-33(31-30-18)16-25(35)29-27-26(28(36)37-3)19-6-4-5-7-24(19)38-27/h8-9,12-13H,4-7,10-11,14-16H2,1-3H3,(H,29,35). The molecule has 6 rings (SSSR count). The van der Waals surface area contributed by atoms with Crippen molar-refractivity contribution in [2.24, 2.45) is 0 Å². The summed E-state index contributed by atoms with van der Waals surface area (Å²) in [7, 11) is 3.54. The summed E-state index contributed by atoms with van der Waals surface area (Å²) in [6.45, 7) is 4.71. The van der Waals surface area contributed by atoms with Crippen LogP contribution in [0.2, 0.25) is 0 Å². The second-order valence-corrected chi connectivity index (χ2v) is 11.5. The Bertz CT molecular complexity index is 1550. The number of thiophene rings is 1. The molecule has 1 aliphatic heterocycles. The van der Waals surface area contributed by atoms with Crippen molar-refractivity contribution in [2.75, 3.05) is 26.0 Å². The van der Waals surface area contributed by atoms with Crippen LogP contribution in [0, 0.1) is 6.92 Å². The van der Waals surface area contributed by atoms with E-state index in [1.54, 1.807) is 4.68 Å². The second kappa shape index (κ2) is 9.99. The number of hydrogen-bond donors (Lipinski definition) is 1. The fourth-order valence-electron chi connectivity index (χ4n) is 5.81. The third-order valence-electron chi connectivity index (χ3n) is 7.63. The van der Waals surface area contributed by atoms with E-state index in [2.05, 4.69) is 57.3 Å². The molecule has 1 N–H and O–H groups in total. The summed E-state index contributed by atoms with van der Waals surface area (Å²) in [6, 6.07) is 6.62. The van der Waals surface area contributed by atoms with Gasteiger partial charge >= 0.3 is 5.97 Å². The Morgan fingerprint density at radius 2 is 2.00 bits per heavy atom. The van der Waals surface area contributed by atoms with E-state index in [4.69, 9.17) is 4.74 Å². The summed E-state index contributed by atoms with van der Waals surface area (Å²) in [5.74, 6) is -0.640.